The van der Waals surface area contributed by atoms with E-state index in [4.69, 9.17) is 9.47 Å². The maximum atomic E-state index is 13.1. The van der Waals surface area contributed by atoms with E-state index < -0.39 is 11.4 Å². The highest BCUT2D eigenvalue weighted by molar-refractivity contribution is 6.01. The van der Waals surface area contributed by atoms with Crippen molar-refractivity contribution in [2.45, 2.75) is 18.3 Å². The molecule has 3 aromatic rings. The third kappa shape index (κ3) is 3.14. The van der Waals surface area contributed by atoms with Gasteiger partial charge in [0.1, 0.15) is 5.82 Å². The molecule has 1 saturated carbocycles. The largest absolute Gasteiger partial charge is 0.478 e. The Bertz CT molecular complexity index is 1180. The number of fused-ring (bicyclic) bond motifs is 1. The van der Waals surface area contributed by atoms with E-state index >= 15 is 0 Å². The summed E-state index contributed by atoms with van der Waals surface area (Å²) in [7, 11) is 0. The smallest absolute Gasteiger partial charge is 0.335 e. The Morgan fingerprint density at radius 1 is 1.00 bits per heavy atom. The van der Waals surface area contributed by atoms with Crippen molar-refractivity contribution in [2.75, 3.05) is 12.1 Å². The van der Waals surface area contributed by atoms with Crippen molar-refractivity contribution in [2.24, 2.45) is 0 Å². The Hall–Kier alpha value is -3.87. The molecule has 2 aliphatic rings. The number of nitrogens with one attached hydrogen (secondary N) is 1. The molecular formula is C23H22N2O5. The zero-order valence-corrected chi connectivity index (χ0v) is 15.9. The molecule has 2 aromatic carbocycles. The highest BCUT2D eigenvalue weighted by Crippen LogP contribution is 2.51. The molecule has 0 atom stereocenters. The fraction of sp³-hybridized carbons (Fsp3) is 0.174. The van der Waals surface area contributed by atoms with Crippen molar-refractivity contribution < 1.29 is 27.0 Å². The van der Waals surface area contributed by atoms with Gasteiger partial charge in [0.05, 0.1) is 16.7 Å². The van der Waals surface area contributed by atoms with E-state index in [1.165, 1.54) is 6.07 Å². The van der Waals surface area contributed by atoms with Crippen LogP contribution in [0, 0.1) is 0 Å². The van der Waals surface area contributed by atoms with Crippen LogP contribution in [0.3, 0.4) is 0 Å². The van der Waals surface area contributed by atoms with E-state index in [1.807, 2.05) is 18.2 Å². The number of carboxylic acids is 1. The number of amides is 1. The summed E-state index contributed by atoms with van der Waals surface area (Å²) in [5.41, 5.74) is 1.74. The summed E-state index contributed by atoms with van der Waals surface area (Å²) in [6.07, 6.45) is 1.50. The summed E-state index contributed by atoms with van der Waals surface area (Å²) in [5, 5.41) is 12.1. The molecule has 1 fully saturated rings. The lowest BCUT2D eigenvalue weighted by molar-refractivity contribution is -0.118. The number of anilines is 1. The number of aromatic nitrogens is 1. The van der Waals surface area contributed by atoms with Gasteiger partial charge in [0.2, 0.25) is 12.7 Å². The number of nitrogens with zero attached hydrogens (tertiary/aromatic N) is 1. The van der Waals surface area contributed by atoms with E-state index in [0.717, 1.165) is 18.4 Å². The molecule has 2 heterocycles. The number of benzene rings is 2. The van der Waals surface area contributed by atoms with Gasteiger partial charge in [-0.1, -0.05) is 24.3 Å². The van der Waals surface area contributed by atoms with Gasteiger partial charge in [-0.15, -0.1) is 0 Å². The number of carboxylic acid groups (broad SMARTS) is 1. The topological polar surface area (TPSA) is 97.8 Å². The molecule has 1 aromatic heterocycles. The normalized spacial score (nSPS) is 15.5. The molecule has 0 saturated heterocycles. The molecule has 0 bridgehead atoms. The summed E-state index contributed by atoms with van der Waals surface area (Å²) in [5.74, 6) is 0.647. The minimum atomic E-state index is -0.999. The van der Waals surface area contributed by atoms with Crippen molar-refractivity contribution in [1.82, 2.24) is 4.98 Å². The van der Waals surface area contributed by atoms with Crippen LogP contribution in [0.5, 0.6) is 11.5 Å². The van der Waals surface area contributed by atoms with Gasteiger partial charge in [0.15, 0.2) is 11.5 Å². The second-order valence-electron chi connectivity index (χ2n) is 7.40. The van der Waals surface area contributed by atoms with Gasteiger partial charge in [-0.05, 0) is 54.8 Å². The first kappa shape index (κ1) is 18.2. The third-order valence-corrected chi connectivity index (χ3v) is 5.51. The number of rotatable bonds is 5. The molecule has 5 rings (SSSR count). The zero-order chi connectivity index (χ0) is 20.7. The lowest BCUT2D eigenvalue weighted by atomic mass is 9.94. The van der Waals surface area contributed by atoms with Crippen LogP contribution in [0.4, 0.5) is 5.82 Å². The lowest BCUT2D eigenvalue weighted by Crippen LogP contribution is -2.28. The van der Waals surface area contributed by atoms with Crippen LogP contribution in [0.25, 0.3) is 11.3 Å². The van der Waals surface area contributed by atoms with E-state index in [-0.39, 0.29) is 21.1 Å². The molecule has 30 heavy (non-hydrogen) atoms. The minimum absolute atomic E-state index is 0. The molecular weight excluding hydrogens is 384 g/mol. The molecule has 0 unspecified atom stereocenters. The van der Waals surface area contributed by atoms with Gasteiger partial charge in [-0.3, -0.25) is 4.79 Å². The molecule has 7 nitrogen and oxygen atoms in total. The molecule has 7 heteroatoms. The maximum Gasteiger partial charge on any atom is 0.335 e. The Balaban J connectivity index is 0.00000144. The van der Waals surface area contributed by atoms with Gasteiger partial charge < -0.3 is 19.9 Å². The SMILES string of the molecule is O=C(O)c1cccc(-c2cccc(NC(=O)C3(c4ccc5c(c4)OCO5)CC3)n2)c1.[HH].[HH]. The Kier molecular flexibility index (Phi) is 4.17. The van der Waals surface area contributed by atoms with E-state index in [9.17, 15) is 14.7 Å². The fourth-order valence-electron chi connectivity index (χ4n) is 3.68. The number of hydrogen-bond donors (Lipinski definition) is 2. The average Bonchev–Trinajstić information content (AvgIpc) is 3.45. The number of carbonyl (C=O) groups is 2. The van der Waals surface area contributed by atoms with Crippen molar-refractivity contribution in [3.63, 3.8) is 0 Å². The molecule has 1 aliphatic carbocycles. The van der Waals surface area contributed by atoms with E-state index in [0.29, 0.717) is 28.6 Å². The van der Waals surface area contributed by atoms with Crippen LogP contribution in [0.2, 0.25) is 0 Å². The Morgan fingerprint density at radius 3 is 2.60 bits per heavy atom. The summed E-state index contributed by atoms with van der Waals surface area (Å²) in [6, 6.07) is 17.4. The van der Waals surface area contributed by atoms with Crippen LogP contribution in [-0.2, 0) is 10.2 Å². The fourth-order valence-corrected chi connectivity index (χ4v) is 3.68. The lowest BCUT2D eigenvalue weighted by Gasteiger charge is -2.16. The number of ether oxygens (including phenoxy) is 2. The van der Waals surface area contributed by atoms with E-state index in [1.54, 1.807) is 36.4 Å². The molecule has 154 valence electrons. The Morgan fingerprint density at radius 2 is 1.80 bits per heavy atom. The monoisotopic (exact) mass is 406 g/mol. The van der Waals surface area contributed by atoms with Gasteiger partial charge >= 0.3 is 5.97 Å². The minimum Gasteiger partial charge on any atom is -0.478 e. The summed E-state index contributed by atoms with van der Waals surface area (Å²) in [4.78, 5) is 28.8. The first-order chi connectivity index (χ1) is 14.5. The highest BCUT2D eigenvalue weighted by Gasteiger charge is 2.51. The molecule has 0 spiro atoms. The molecule has 1 aliphatic heterocycles. The van der Waals surface area contributed by atoms with Gasteiger partial charge in [-0.2, -0.15) is 0 Å². The summed E-state index contributed by atoms with van der Waals surface area (Å²) < 4.78 is 10.8. The first-order valence-electron chi connectivity index (χ1n) is 9.58. The van der Waals surface area contributed by atoms with Crippen molar-refractivity contribution in [3.8, 4) is 22.8 Å². The molecule has 2 N–H and O–H groups in total. The average molecular weight is 406 g/mol. The van der Waals surface area contributed by atoms with Crippen LogP contribution in [0.1, 0.15) is 31.6 Å². The van der Waals surface area contributed by atoms with Gasteiger partial charge in [0.25, 0.3) is 0 Å². The van der Waals surface area contributed by atoms with Crippen LogP contribution in [0.15, 0.2) is 60.7 Å². The summed E-state index contributed by atoms with van der Waals surface area (Å²) in [6.45, 7) is 0.192. The van der Waals surface area contributed by atoms with Gasteiger partial charge in [-0.25, -0.2) is 9.78 Å². The predicted molar refractivity (Wildman–Crippen MR) is 113 cm³/mol. The first-order valence-corrected chi connectivity index (χ1v) is 9.58. The predicted octanol–water partition coefficient (Wildman–Crippen LogP) is 4.34. The second-order valence-corrected chi connectivity index (χ2v) is 7.40. The maximum absolute atomic E-state index is 13.1. The molecule has 0 radical (unpaired) electrons. The Labute approximate surface area is 175 Å². The van der Waals surface area contributed by atoms with Crippen molar-refractivity contribution in [3.05, 3.63) is 71.8 Å². The number of pyridine rings is 1. The molecule has 1 amide bonds. The van der Waals surface area contributed by atoms with Crippen LogP contribution in [-0.4, -0.2) is 28.8 Å². The standard InChI is InChI=1S/C23H18N2O5.2H2/c26-21(27)15-4-1-3-14(11-15)17-5-2-6-20(24-17)25-22(28)23(9-10-23)16-7-8-18-19(12-16)30-13-29-18;;/h1-8,11-12H,9-10,13H2,(H,26,27)(H,24,25,28);2*1H. The quantitative estimate of drug-likeness (QED) is 0.654. The van der Waals surface area contributed by atoms with Crippen molar-refractivity contribution in [1.29, 1.82) is 0 Å². The second kappa shape index (κ2) is 6.88. The van der Waals surface area contributed by atoms with Gasteiger partial charge in [0, 0.05) is 8.42 Å². The summed E-state index contributed by atoms with van der Waals surface area (Å²) >= 11 is 0. The van der Waals surface area contributed by atoms with Crippen LogP contribution >= 0.6 is 0 Å². The van der Waals surface area contributed by atoms with E-state index in [2.05, 4.69) is 10.3 Å². The number of aromatic carboxylic acids is 1. The zero-order valence-electron chi connectivity index (χ0n) is 15.9. The van der Waals surface area contributed by atoms with Crippen LogP contribution < -0.4 is 14.8 Å². The number of hydrogen-bond acceptors (Lipinski definition) is 5. The number of carbonyl (C=O) groups excluding carboxylic acids is 1. The third-order valence-electron chi connectivity index (χ3n) is 5.51. The van der Waals surface area contributed by atoms with Crippen molar-refractivity contribution >= 4 is 17.7 Å². The highest BCUT2D eigenvalue weighted by atomic mass is 16.7.